The highest BCUT2D eigenvalue weighted by molar-refractivity contribution is 7.93. The SMILES string of the molecule is COc1cccc(OC)c1-n1c(NS(=O)(=O)[C@@H](C)[C@H](OC)c2ccc(F)cn2)nnc1-c1cncc(C)c1. The van der Waals surface area contributed by atoms with Gasteiger partial charge in [0.1, 0.15) is 34.4 Å². The van der Waals surface area contributed by atoms with Crippen LogP contribution in [0.25, 0.3) is 17.1 Å². The third-order valence-electron chi connectivity index (χ3n) is 5.87. The molecule has 0 amide bonds. The van der Waals surface area contributed by atoms with Crippen LogP contribution in [-0.2, 0) is 14.8 Å². The number of anilines is 1. The molecule has 3 heterocycles. The molecule has 3 aromatic heterocycles. The van der Waals surface area contributed by atoms with Gasteiger partial charge < -0.3 is 14.2 Å². The molecule has 0 aliphatic carbocycles. The number of hydrogen-bond donors (Lipinski definition) is 1. The summed E-state index contributed by atoms with van der Waals surface area (Å²) in [6.45, 7) is 3.33. The van der Waals surface area contributed by atoms with Crippen LogP contribution in [0.4, 0.5) is 10.3 Å². The molecule has 2 atom stereocenters. The Hall–Kier alpha value is -4.10. The third kappa shape index (κ3) is 5.29. The van der Waals surface area contributed by atoms with E-state index < -0.39 is 27.2 Å². The Kier molecular flexibility index (Phi) is 7.88. The molecule has 0 aliphatic rings. The van der Waals surface area contributed by atoms with Gasteiger partial charge in [-0.15, -0.1) is 10.2 Å². The Balaban J connectivity index is 1.84. The van der Waals surface area contributed by atoms with E-state index >= 15 is 0 Å². The highest BCUT2D eigenvalue weighted by Crippen LogP contribution is 2.38. The molecule has 11 nitrogen and oxygen atoms in total. The molecule has 200 valence electrons. The predicted octanol–water partition coefficient (Wildman–Crippen LogP) is 3.71. The number of halogens is 1. The molecular weight excluding hydrogens is 515 g/mol. The first-order chi connectivity index (χ1) is 18.2. The Morgan fingerprint density at radius 1 is 1.00 bits per heavy atom. The molecule has 0 unspecified atom stereocenters. The smallest absolute Gasteiger partial charge is 0.243 e. The molecule has 38 heavy (non-hydrogen) atoms. The fourth-order valence-corrected chi connectivity index (χ4v) is 5.12. The van der Waals surface area contributed by atoms with Crippen LogP contribution in [0.2, 0.25) is 0 Å². The lowest BCUT2D eigenvalue weighted by Gasteiger charge is -2.23. The van der Waals surface area contributed by atoms with Crippen LogP contribution in [0.1, 0.15) is 24.3 Å². The summed E-state index contributed by atoms with van der Waals surface area (Å²) in [5.41, 5.74) is 2.10. The number of ether oxygens (including phenoxy) is 3. The number of aromatic nitrogens is 5. The Morgan fingerprint density at radius 2 is 1.71 bits per heavy atom. The average molecular weight is 543 g/mol. The van der Waals surface area contributed by atoms with Gasteiger partial charge in [0, 0.05) is 25.1 Å². The first-order valence-corrected chi connectivity index (χ1v) is 13.0. The molecule has 0 fully saturated rings. The summed E-state index contributed by atoms with van der Waals surface area (Å²) in [6, 6.07) is 9.56. The van der Waals surface area contributed by atoms with Crippen LogP contribution < -0.4 is 14.2 Å². The van der Waals surface area contributed by atoms with E-state index in [0.717, 1.165) is 11.8 Å². The number of hydrogen-bond acceptors (Lipinski definition) is 9. The summed E-state index contributed by atoms with van der Waals surface area (Å²) in [5, 5.41) is 7.29. The number of nitrogens with zero attached hydrogens (tertiary/aromatic N) is 5. The quantitative estimate of drug-likeness (QED) is 0.319. The zero-order valence-electron chi connectivity index (χ0n) is 21.4. The second kappa shape index (κ2) is 11.1. The van der Waals surface area contributed by atoms with Crippen molar-refractivity contribution in [3.05, 3.63) is 72.1 Å². The minimum Gasteiger partial charge on any atom is -0.494 e. The summed E-state index contributed by atoms with van der Waals surface area (Å²) in [6.07, 6.45) is 3.29. The van der Waals surface area contributed by atoms with Gasteiger partial charge in [0.15, 0.2) is 5.82 Å². The van der Waals surface area contributed by atoms with Crippen LogP contribution in [0, 0.1) is 12.7 Å². The molecule has 4 rings (SSSR count). The highest BCUT2D eigenvalue weighted by Gasteiger charge is 2.34. The molecule has 0 saturated heterocycles. The fourth-order valence-electron chi connectivity index (χ4n) is 3.97. The molecule has 13 heteroatoms. The summed E-state index contributed by atoms with van der Waals surface area (Å²) in [7, 11) is 0.170. The monoisotopic (exact) mass is 542 g/mol. The summed E-state index contributed by atoms with van der Waals surface area (Å²) < 4.78 is 61.2. The van der Waals surface area contributed by atoms with Crippen molar-refractivity contribution in [2.45, 2.75) is 25.2 Å². The van der Waals surface area contributed by atoms with Gasteiger partial charge in [-0.1, -0.05) is 6.07 Å². The van der Waals surface area contributed by atoms with Crippen LogP contribution in [-0.4, -0.2) is 59.7 Å². The van der Waals surface area contributed by atoms with Gasteiger partial charge in [0.05, 0.1) is 26.1 Å². The lowest BCUT2D eigenvalue weighted by Crippen LogP contribution is -2.33. The van der Waals surface area contributed by atoms with Crippen molar-refractivity contribution in [2.24, 2.45) is 0 Å². The van der Waals surface area contributed by atoms with E-state index in [9.17, 15) is 12.8 Å². The molecule has 0 saturated carbocycles. The number of methoxy groups -OCH3 is 3. The number of rotatable bonds is 10. The Labute approximate surface area is 219 Å². The van der Waals surface area contributed by atoms with Gasteiger partial charge in [0.2, 0.25) is 16.0 Å². The zero-order chi connectivity index (χ0) is 27.4. The van der Waals surface area contributed by atoms with E-state index in [0.29, 0.717) is 28.6 Å². The van der Waals surface area contributed by atoms with Gasteiger partial charge in [-0.25, -0.2) is 12.8 Å². The first-order valence-electron chi connectivity index (χ1n) is 11.4. The molecular formula is C25H27FN6O5S. The molecule has 0 bridgehead atoms. The predicted molar refractivity (Wildman–Crippen MR) is 138 cm³/mol. The number of sulfonamides is 1. The maximum absolute atomic E-state index is 13.6. The van der Waals surface area contributed by atoms with E-state index in [4.69, 9.17) is 14.2 Å². The molecule has 4 aromatic rings. The lowest BCUT2D eigenvalue weighted by atomic mass is 10.2. The molecule has 1 aromatic carbocycles. The number of aryl methyl sites for hydroxylation is 1. The van der Waals surface area contributed by atoms with Crippen LogP contribution in [0.3, 0.4) is 0 Å². The molecule has 1 N–H and O–H groups in total. The van der Waals surface area contributed by atoms with Crippen molar-refractivity contribution in [1.29, 1.82) is 0 Å². The first kappa shape index (κ1) is 26.9. The van der Waals surface area contributed by atoms with Crippen molar-refractivity contribution in [3.63, 3.8) is 0 Å². The molecule has 0 spiro atoms. The number of pyridine rings is 2. The van der Waals surface area contributed by atoms with E-state index in [1.807, 2.05) is 13.0 Å². The van der Waals surface area contributed by atoms with Crippen molar-refractivity contribution < 1.29 is 27.0 Å². The van der Waals surface area contributed by atoms with Crippen LogP contribution >= 0.6 is 0 Å². The summed E-state index contributed by atoms with van der Waals surface area (Å²) >= 11 is 0. The zero-order valence-corrected chi connectivity index (χ0v) is 22.2. The van der Waals surface area contributed by atoms with Crippen molar-refractivity contribution in [1.82, 2.24) is 24.7 Å². The standard InChI is InChI=1S/C25H27FN6O5S/c1-15-11-17(13-27-12-15)24-29-30-25(32(24)22-20(35-3)7-6-8-21(22)36-4)31-38(33,34)16(2)23(37-5)19-10-9-18(26)14-28-19/h6-14,16,23H,1-5H3,(H,30,31)/t16-,23-/m0/s1. The largest absolute Gasteiger partial charge is 0.494 e. The maximum atomic E-state index is 13.6. The molecule has 0 radical (unpaired) electrons. The second-order valence-electron chi connectivity index (χ2n) is 8.35. The highest BCUT2D eigenvalue weighted by atomic mass is 32.2. The maximum Gasteiger partial charge on any atom is 0.243 e. The van der Waals surface area contributed by atoms with Gasteiger partial charge in [0.25, 0.3) is 0 Å². The number of para-hydroxylation sites is 1. The van der Waals surface area contributed by atoms with Gasteiger partial charge in [-0.3, -0.25) is 19.3 Å². The average Bonchev–Trinajstić information content (AvgIpc) is 3.31. The minimum atomic E-state index is -4.16. The fraction of sp³-hybridized carbons (Fsp3) is 0.280. The van der Waals surface area contributed by atoms with Crippen LogP contribution in [0.15, 0.2) is 55.0 Å². The van der Waals surface area contributed by atoms with E-state index in [1.165, 1.54) is 45.0 Å². The topological polar surface area (TPSA) is 130 Å². The van der Waals surface area contributed by atoms with Crippen molar-refractivity contribution >= 4 is 16.0 Å². The van der Waals surface area contributed by atoms with Gasteiger partial charge >= 0.3 is 0 Å². The lowest BCUT2D eigenvalue weighted by molar-refractivity contribution is 0.0988. The number of nitrogens with one attached hydrogen (secondary N) is 1. The van der Waals surface area contributed by atoms with E-state index in [-0.39, 0.29) is 11.6 Å². The Morgan fingerprint density at radius 3 is 2.29 bits per heavy atom. The third-order valence-corrected chi connectivity index (χ3v) is 7.56. The van der Waals surface area contributed by atoms with Gasteiger partial charge in [-0.05, 0) is 49.7 Å². The van der Waals surface area contributed by atoms with Gasteiger partial charge in [-0.2, -0.15) is 0 Å². The summed E-state index contributed by atoms with van der Waals surface area (Å²) in [4.78, 5) is 8.22. The van der Waals surface area contributed by atoms with E-state index in [1.54, 1.807) is 30.6 Å². The Bertz CT molecular complexity index is 1510. The second-order valence-corrected chi connectivity index (χ2v) is 10.4. The van der Waals surface area contributed by atoms with E-state index in [2.05, 4.69) is 24.9 Å². The minimum absolute atomic E-state index is 0.113. The molecule has 0 aliphatic heterocycles. The summed E-state index contributed by atoms with van der Waals surface area (Å²) in [5.74, 6) is 0.430. The number of benzene rings is 1. The van der Waals surface area contributed by atoms with Crippen molar-refractivity contribution in [3.8, 4) is 28.6 Å². The van der Waals surface area contributed by atoms with Crippen LogP contribution in [0.5, 0.6) is 11.5 Å². The normalized spacial score (nSPS) is 13.1. The van der Waals surface area contributed by atoms with Crippen molar-refractivity contribution in [2.75, 3.05) is 26.1 Å².